The molecule has 3 aromatic rings. The summed E-state index contributed by atoms with van der Waals surface area (Å²) in [5.41, 5.74) is 4.95. The molecule has 0 spiro atoms. The van der Waals surface area contributed by atoms with Gasteiger partial charge in [-0.25, -0.2) is 4.68 Å². The molecule has 1 amide bonds. The average molecular weight is 465 g/mol. The van der Waals surface area contributed by atoms with Crippen molar-refractivity contribution in [1.82, 2.24) is 14.9 Å². The van der Waals surface area contributed by atoms with Crippen molar-refractivity contribution < 1.29 is 4.79 Å². The average Bonchev–Trinajstić information content (AvgIpc) is 3.04. The van der Waals surface area contributed by atoms with Gasteiger partial charge in [0.25, 0.3) is 0 Å². The highest BCUT2D eigenvalue weighted by atomic mass is 79.9. The fraction of sp³-hybridized carbons (Fsp3) is 0.167. The number of hydrogen-bond donors (Lipinski definition) is 2. The molecule has 4 rings (SSSR count). The number of halogens is 2. The maximum Gasteiger partial charge on any atom is 0.240 e. The number of benzene rings is 2. The van der Waals surface area contributed by atoms with Crippen LogP contribution in [-0.4, -0.2) is 26.0 Å². The Morgan fingerprint density at radius 1 is 1.26 bits per heavy atom. The van der Waals surface area contributed by atoms with Crippen LogP contribution in [0.5, 0.6) is 0 Å². The monoisotopic (exact) mass is 463 g/mol. The second kappa shape index (κ2) is 7.53. The molecule has 138 valence electrons. The maximum atomic E-state index is 13.1. The Labute approximate surface area is 173 Å². The number of amides is 1. The van der Waals surface area contributed by atoms with Gasteiger partial charge in [-0.1, -0.05) is 69.6 Å². The van der Waals surface area contributed by atoms with Gasteiger partial charge in [0.05, 0.1) is 16.8 Å². The molecule has 1 aromatic heterocycles. The molecule has 2 aromatic carbocycles. The lowest BCUT2D eigenvalue weighted by atomic mass is 10.0. The predicted octanol–water partition coefficient (Wildman–Crippen LogP) is 4.40. The van der Waals surface area contributed by atoms with Gasteiger partial charge < -0.3 is 10.7 Å². The van der Waals surface area contributed by atoms with Crippen molar-refractivity contribution in [1.29, 1.82) is 0 Å². The molecule has 0 bridgehead atoms. The van der Waals surface area contributed by atoms with Gasteiger partial charge in [-0.3, -0.25) is 4.79 Å². The molecule has 2 atom stereocenters. The normalized spacial score (nSPS) is 18.5. The van der Waals surface area contributed by atoms with Crippen LogP contribution in [0.3, 0.4) is 0 Å². The van der Waals surface area contributed by atoms with Crippen molar-refractivity contribution >= 4 is 50.9 Å². The van der Waals surface area contributed by atoms with Crippen LogP contribution in [0.2, 0.25) is 5.02 Å². The number of rotatable bonds is 3. The molecule has 9 heteroatoms. The Kier molecular flexibility index (Phi) is 5.12. The first-order valence-corrected chi connectivity index (χ1v) is 10.2. The maximum absolute atomic E-state index is 13.1. The number of carbonyl (C=O) groups excluding carboxylic acids is 1. The highest BCUT2D eigenvalue weighted by Crippen LogP contribution is 2.38. The number of aryl methyl sites for hydroxylation is 1. The lowest BCUT2D eigenvalue weighted by Gasteiger charge is -2.32. The van der Waals surface area contributed by atoms with Crippen LogP contribution >= 0.6 is 39.3 Å². The molecule has 1 aliphatic heterocycles. The van der Waals surface area contributed by atoms with Gasteiger partial charge in [0.15, 0.2) is 0 Å². The number of carbonyl (C=O) groups is 1. The van der Waals surface area contributed by atoms with E-state index in [0.717, 1.165) is 15.9 Å². The predicted molar refractivity (Wildman–Crippen MR) is 111 cm³/mol. The molecule has 6 nitrogen and oxygen atoms in total. The van der Waals surface area contributed by atoms with Crippen LogP contribution in [0, 0.1) is 6.92 Å². The molecule has 2 unspecified atom stereocenters. The van der Waals surface area contributed by atoms with E-state index >= 15 is 0 Å². The molecule has 0 saturated heterocycles. The molecule has 27 heavy (non-hydrogen) atoms. The highest BCUT2D eigenvalue weighted by molar-refractivity contribution is 9.10. The third-order valence-corrected chi connectivity index (χ3v) is 6.23. The zero-order valence-corrected chi connectivity index (χ0v) is 17.3. The third-order valence-electron chi connectivity index (χ3n) is 4.20. The largest absolute Gasteiger partial charge is 0.324 e. The highest BCUT2D eigenvalue weighted by Gasteiger charge is 2.37. The number of aromatic nitrogens is 3. The minimum absolute atomic E-state index is 0.155. The van der Waals surface area contributed by atoms with Gasteiger partial charge in [0, 0.05) is 4.47 Å². The van der Waals surface area contributed by atoms with Gasteiger partial charge >= 0.3 is 0 Å². The van der Waals surface area contributed by atoms with Crippen LogP contribution in [0.25, 0.3) is 0 Å². The van der Waals surface area contributed by atoms with E-state index in [9.17, 15) is 4.79 Å². The summed E-state index contributed by atoms with van der Waals surface area (Å²) in [5, 5.41) is 11.9. The summed E-state index contributed by atoms with van der Waals surface area (Å²) in [5.74, 6) is 0.589. The van der Waals surface area contributed by atoms with Crippen molar-refractivity contribution in [3.05, 3.63) is 69.4 Å². The Morgan fingerprint density at radius 3 is 2.78 bits per heavy atom. The first-order valence-electron chi connectivity index (χ1n) is 8.19. The van der Waals surface area contributed by atoms with Crippen molar-refractivity contribution in [2.75, 3.05) is 10.7 Å². The van der Waals surface area contributed by atoms with Crippen LogP contribution in [-0.2, 0) is 4.79 Å². The van der Waals surface area contributed by atoms with Crippen LogP contribution in [0.1, 0.15) is 17.4 Å². The van der Waals surface area contributed by atoms with Crippen LogP contribution in [0.15, 0.2) is 58.2 Å². The lowest BCUT2D eigenvalue weighted by Crippen LogP contribution is -2.41. The van der Waals surface area contributed by atoms with Crippen LogP contribution < -0.4 is 10.7 Å². The fourth-order valence-electron chi connectivity index (χ4n) is 2.87. The van der Waals surface area contributed by atoms with E-state index < -0.39 is 5.25 Å². The van der Waals surface area contributed by atoms with E-state index in [-0.39, 0.29) is 11.9 Å². The van der Waals surface area contributed by atoms with Gasteiger partial charge in [-0.2, -0.15) is 0 Å². The Hall–Kier alpha value is -2.03. The molecule has 1 aliphatic rings. The van der Waals surface area contributed by atoms with Crippen molar-refractivity contribution in [3.63, 3.8) is 0 Å². The first kappa shape index (κ1) is 18.3. The third kappa shape index (κ3) is 3.69. The Bertz CT molecular complexity index is 997. The SMILES string of the molecule is Cc1nnc2n1NC(c1ccccc1)C(C(=O)Nc1ccc(Br)cc1Cl)S2. The summed E-state index contributed by atoms with van der Waals surface area (Å²) < 4.78 is 2.67. The summed E-state index contributed by atoms with van der Waals surface area (Å²) in [7, 11) is 0. The molecule has 0 saturated carbocycles. The van der Waals surface area contributed by atoms with E-state index in [2.05, 4.69) is 36.9 Å². The van der Waals surface area contributed by atoms with Gasteiger partial charge in [-0.15, -0.1) is 10.2 Å². The van der Waals surface area contributed by atoms with E-state index in [4.69, 9.17) is 11.6 Å². The molecule has 0 aliphatic carbocycles. The van der Waals surface area contributed by atoms with Gasteiger partial charge in [0.2, 0.25) is 11.1 Å². The van der Waals surface area contributed by atoms with Crippen molar-refractivity contribution in [2.45, 2.75) is 23.4 Å². The quantitative estimate of drug-likeness (QED) is 0.601. The molecular weight excluding hydrogens is 450 g/mol. The molecule has 0 fully saturated rings. The number of hydrogen-bond acceptors (Lipinski definition) is 5. The van der Waals surface area contributed by atoms with Crippen molar-refractivity contribution in [2.24, 2.45) is 0 Å². The van der Waals surface area contributed by atoms with E-state index in [1.54, 1.807) is 12.1 Å². The fourth-order valence-corrected chi connectivity index (χ4v) is 4.71. The second-order valence-electron chi connectivity index (χ2n) is 6.03. The summed E-state index contributed by atoms with van der Waals surface area (Å²) >= 11 is 11.0. The minimum atomic E-state index is -0.441. The molecular formula is C18H15BrClN5OS. The summed E-state index contributed by atoms with van der Waals surface area (Å²) in [6.07, 6.45) is 0. The minimum Gasteiger partial charge on any atom is -0.324 e. The lowest BCUT2D eigenvalue weighted by molar-refractivity contribution is -0.116. The number of anilines is 1. The molecule has 2 heterocycles. The Balaban J connectivity index is 1.66. The summed E-state index contributed by atoms with van der Waals surface area (Å²) in [6, 6.07) is 15.0. The van der Waals surface area contributed by atoms with Crippen molar-refractivity contribution in [3.8, 4) is 0 Å². The van der Waals surface area contributed by atoms with Gasteiger partial charge in [0.1, 0.15) is 11.1 Å². The topological polar surface area (TPSA) is 71.8 Å². The van der Waals surface area contributed by atoms with Gasteiger partial charge in [-0.05, 0) is 30.7 Å². The molecule has 0 radical (unpaired) electrons. The first-order chi connectivity index (χ1) is 13.0. The summed E-state index contributed by atoms with van der Waals surface area (Å²) in [6.45, 7) is 1.87. The number of nitrogens with one attached hydrogen (secondary N) is 2. The second-order valence-corrected chi connectivity index (χ2v) is 8.47. The number of fused-ring (bicyclic) bond motifs is 1. The smallest absolute Gasteiger partial charge is 0.240 e. The van der Waals surface area contributed by atoms with Crippen LogP contribution in [0.4, 0.5) is 5.69 Å². The zero-order chi connectivity index (χ0) is 19.0. The standard InChI is InChI=1S/C18H15BrClN5OS/c1-10-22-23-18-25(10)24-15(11-5-3-2-4-6-11)16(27-18)17(26)21-14-8-7-12(19)9-13(14)20/h2-9,15-16,24H,1H3,(H,21,26). The molecule has 2 N–H and O–H groups in total. The number of nitrogens with zero attached hydrogens (tertiary/aromatic N) is 3. The van der Waals surface area contributed by atoms with E-state index in [1.807, 2.05) is 48.0 Å². The zero-order valence-electron chi connectivity index (χ0n) is 14.2. The summed E-state index contributed by atoms with van der Waals surface area (Å²) in [4.78, 5) is 13.1. The van der Waals surface area contributed by atoms with E-state index in [1.165, 1.54) is 11.8 Å². The van der Waals surface area contributed by atoms with E-state index in [0.29, 0.717) is 15.9 Å². The number of thioether (sulfide) groups is 1. The Morgan fingerprint density at radius 2 is 2.04 bits per heavy atom.